The normalized spacial score (nSPS) is 22.9. The number of fused-ring (bicyclic) bond motifs is 1. The van der Waals surface area contributed by atoms with Crippen molar-refractivity contribution in [2.45, 2.75) is 32.7 Å². The van der Waals surface area contributed by atoms with Crippen molar-refractivity contribution >= 4 is 22.6 Å². The lowest BCUT2D eigenvalue weighted by molar-refractivity contribution is -0.920. The molecule has 2 aromatic rings. The van der Waals surface area contributed by atoms with E-state index in [4.69, 9.17) is 5.73 Å². The number of Topliss-reactive ketones (excluding diaryl/α,β-unsaturated/α-hetero) is 1. The average Bonchev–Trinajstić information content (AvgIpc) is 2.89. The second-order valence-corrected chi connectivity index (χ2v) is 6.61. The number of aromatic nitrogens is 1. The molecular formula is C18H24N3O2+. The molecule has 2 heterocycles. The van der Waals surface area contributed by atoms with Gasteiger partial charge in [0.2, 0.25) is 11.7 Å². The van der Waals surface area contributed by atoms with Crippen LogP contribution in [0.4, 0.5) is 0 Å². The van der Waals surface area contributed by atoms with Gasteiger partial charge in [0.05, 0.1) is 24.6 Å². The van der Waals surface area contributed by atoms with Crippen molar-refractivity contribution in [2.24, 2.45) is 11.7 Å². The third kappa shape index (κ3) is 2.88. The zero-order valence-corrected chi connectivity index (χ0v) is 13.7. The molecule has 0 bridgehead atoms. The van der Waals surface area contributed by atoms with Crippen LogP contribution in [0.3, 0.4) is 0 Å². The highest BCUT2D eigenvalue weighted by Crippen LogP contribution is 2.23. The van der Waals surface area contributed by atoms with Crippen LogP contribution in [-0.2, 0) is 4.79 Å². The van der Waals surface area contributed by atoms with E-state index in [2.05, 4.69) is 4.98 Å². The molecule has 1 aromatic heterocycles. The summed E-state index contributed by atoms with van der Waals surface area (Å²) in [6, 6.07) is 7.71. The number of carbonyl (C=O) groups excluding carboxylic acids is 2. The molecule has 23 heavy (non-hydrogen) atoms. The molecule has 1 aromatic carbocycles. The molecule has 1 unspecified atom stereocenters. The number of quaternary nitrogens is 1. The molecular weight excluding hydrogens is 290 g/mol. The number of primary amides is 1. The number of aryl methyl sites for hydroxylation is 1. The minimum absolute atomic E-state index is 0.113. The quantitative estimate of drug-likeness (QED) is 0.731. The second-order valence-electron chi connectivity index (χ2n) is 6.61. The molecule has 5 heteroatoms. The third-order valence-corrected chi connectivity index (χ3v) is 5.11. The van der Waals surface area contributed by atoms with Crippen LogP contribution in [0.2, 0.25) is 0 Å². The number of amides is 1. The Balaban J connectivity index is 1.87. The topological polar surface area (TPSA) is 80.4 Å². The summed E-state index contributed by atoms with van der Waals surface area (Å²) in [6.07, 6.45) is 1.78. The van der Waals surface area contributed by atoms with Gasteiger partial charge in [0.1, 0.15) is 6.04 Å². The van der Waals surface area contributed by atoms with Gasteiger partial charge >= 0.3 is 0 Å². The Bertz CT molecular complexity index is 750. The molecule has 1 saturated heterocycles. The summed E-state index contributed by atoms with van der Waals surface area (Å²) in [4.78, 5) is 29.0. The molecule has 0 aliphatic carbocycles. The van der Waals surface area contributed by atoms with Gasteiger partial charge in [0.15, 0.2) is 0 Å². The smallest absolute Gasteiger partial charge is 0.226 e. The number of rotatable bonds is 4. The van der Waals surface area contributed by atoms with Crippen LogP contribution in [0.1, 0.15) is 35.8 Å². The van der Waals surface area contributed by atoms with Gasteiger partial charge in [-0.1, -0.05) is 18.2 Å². The third-order valence-electron chi connectivity index (χ3n) is 5.11. The molecule has 5 nitrogen and oxygen atoms in total. The highest BCUT2D eigenvalue weighted by molar-refractivity contribution is 6.10. The molecule has 0 saturated carbocycles. The van der Waals surface area contributed by atoms with E-state index in [0.717, 1.165) is 46.4 Å². The van der Waals surface area contributed by atoms with Gasteiger partial charge in [-0.2, -0.15) is 0 Å². The Morgan fingerprint density at radius 2 is 2.09 bits per heavy atom. The lowest BCUT2D eigenvalue weighted by atomic mass is 9.94. The Morgan fingerprint density at radius 1 is 1.35 bits per heavy atom. The van der Waals surface area contributed by atoms with Gasteiger partial charge < -0.3 is 15.6 Å². The summed E-state index contributed by atoms with van der Waals surface area (Å²) in [5, 5.41) is 0.977. The predicted octanol–water partition coefficient (Wildman–Crippen LogP) is 0.828. The number of benzene rings is 1. The van der Waals surface area contributed by atoms with E-state index in [1.54, 1.807) is 0 Å². The highest BCUT2D eigenvalue weighted by atomic mass is 16.1. The van der Waals surface area contributed by atoms with E-state index in [9.17, 15) is 9.59 Å². The number of piperidine rings is 1. The SMILES string of the molecule is Cc1[nH]c2ccccc2c1C(=O)[C@H](C)[NH+]1CCC[C@H](C(N)=O)C1. The van der Waals surface area contributed by atoms with Gasteiger partial charge in [-0.25, -0.2) is 0 Å². The Morgan fingerprint density at radius 3 is 2.83 bits per heavy atom. The maximum atomic E-state index is 13.1. The molecule has 3 rings (SSSR count). The van der Waals surface area contributed by atoms with E-state index in [-0.39, 0.29) is 23.7 Å². The fourth-order valence-electron chi connectivity index (χ4n) is 3.73. The zero-order chi connectivity index (χ0) is 16.6. The number of aromatic amines is 1. The Hall–Kier alpha value is -2.14. The minimum Gasteiger partial charge on any atom is -0.369 e. The molecule has 4 N–H and O–H groups in total. The van der Waals surface area contributed by atoms with Crippen LogP contribution in [0.15, 0.2) is 24.3 Å². The number of H-pyrrole nitrogens is 1. The van der Waals surface area contributed by atoms with E-state index in [0.29, 0.717) is 6.54 Å². The fraction of sp³-hybridized carbons (Fsp3) is 0.444. The first-order valence-electron chi connectivity index (χ1n) is 8.24. The Labute approximate surface area is 135 Å². The molecule has 1 aliphatic heterocycles. The van der Waals surface area contributed by atoms with E-state index < -0.39 is 0 Å². The second kappa shape index (κ2) is 6.16. The maximum absolute atomic E-state index is 13.1. The van der Waals surface area contributed by atoms with Gasteiger partial charge in [0, 0.05) is 16.6 Å². The van der Waals surface area contributed by atoms with E-state index in [1.807, 2.05) is 38.1 Å². The van der Waals surface area contributed by atoms with Crippen LogP contribution in [0.5, 0.6) is 0 Å². The minimum atomic E-state index is -0.245. The number of nitrogens with one attached hydrogen (secondary N) is 2. The lowest BCUT2D eigenvalue weighted by Gasteiger charge is -2.32. The number of carbonyl (C=O) groups is 2. The Kier molecular flexibility index (Phi) is 4.22. The number of ketones is 1. The summed E-state index contributed by atoms with van der Waals surface area (Å²) >= 11 is 0. The lowest BCUT2D eigenvalue weighted by Crippen LogP contribution is -3.18. The van der Waals surface area contributed by atoms with Crippen LogP contribution in [-0.4, -0.2) is 35.8 Å². The standard InChI is InChI=1S/C18H23N3O2/c1-11-16(14-7-3-4-8-15(14)20-11)17(22)12(2)21-9-5-6-13(10-21)18(19)23/h3-4,7-8,12-13,20H,5-6,9-10H2,1-2H3,(H2,19,23)/p+1/t12-,13-/m0/s1. The first-order chi connectivity index (χ1) is 11.0. The largest absolute Gasteiger partial charge is 0.369 e. The van der Waals surface area contributed by atoms with Crippen molar-refractivity contribution in [3.8, 4) is 0 Å². The maximum Gasteiger partial charge on any atom is 0.226 e. The van der Waals surface area contributed by atoms with Crippen molar-refractivity contribution in [1.82, 2.24) is 4.98 Å². The number of likely N-dealkylation sites (tertiary alicyclic amines) is 1. The van der Waals surface area contributed by atoms with Gasteiger partial charge in [-0.15, -0.1) is 0 Å². The molecule has 122 valence electrons. The average molecular weight is 314 g/mol. The van der Waals surface area contributed by atoms with Crippen molar-refractivity contribution in [2.75, 3.05) is 13.1 Å². The van der Waals surface area contributed by atoms with Crippen molar-refractivity contribution < 1.29 is 14.5 Å². The summed E-state index contributed by atoms with van der Waals surface area (Å²) in [5.41, 5.74) is 8.13. The monoisotopic (exact) mass is 314 g/mol. The van der Waals surface area contributed by atoms with E-state index in [1.165, 1.54) is 0 Å². The molecule has 0 spiro atoms. The van der Waals surface area contributed by atoms with Gasteiger partial charge in [-0.3, -0.25) is 9.59 Å². The highest BCUT2D eigenvalue weighted by Gasteiger charge is 2.34. The van der Waals surface area contributed by atoms with Crippen molar-refractivity contribution in [3.63, 3.8) is 0 Å². The number of hydrogen-bond acceptors (Lipinski definition) is 2. The first-order valence-corrected chi connectivity index (χ1v) is 8.24. The van der Waals surface area contributed by atoms with Crippen molar-refractivity contribution in [3.05, 3.63) is 35.5 Å². The van der Waals surface area contributed by atoms with Gasteiger partial charge in [-0.05, 0) is 32.8 Å². The van der Waals surface area contributed by atoms with Crippen molar-refractivity contribution in [1.29, 1.82) is 0 Å². The van der Waals surface area contributed by atoms with Crippen LogP contribution in [0.25, 0.3) is 10.9 Å². The number of para-hydroxylation sites is 1. The number of hydrogen-bond donors (Lipinski definition) is 3. The predicted molar refractivity (Wildman–Crippen MR) is 89.4 cm³/mol. The summed E-state index contributed by atoms with van der Waals surface area (Å²) < 4.78 is 0. The summed E-state index contributed by atoms with van der Waals surface area (Å²) in [5.74, 6) is -0.219. The van der Waals surface area contributed by atoms with Crippen LogP contribution in [0, 0.1) is 12.8 Å². The van der Waals surface area contributed by atoms with Crippen LogP contribution < -0.4 is 10.6 Å². The molecule has 1 amide bonds. The molecule has 0 radical (unpaired) electrons. The summed E-state index contributed by atoms with van der Waals surface area (Å²) in [6.45, 7) is 5.47. The summed E-state index contributed by atoms with van der Waals surface area (Å²) in [7, 11) is 0. The number of nitrogens with two attached hydrogens (primary N) is 1. The first kappa shape index (κ1) is 15.7. The molecule has 1 fully saturated rings. The fourth-order valence-corrected chi connectivity index (χ4v) is 3.73. The van der Waals surface area contributed by atoms with Crippen LogP contribution >= 0.6 is 0 Å². The van der Waals surface area contributed by atoms with E-state index >= 15 is 0 Å². The zero-order valence-electron chi connectivity index (χ0n) is 13.7. The molecule has 1 aliphatic rings. The van der Waals surface area contributed by atoms with Gasteiger partial charge in [0.25, 0.3) is 0 Å². The molecule has 3 atom stereocenters.